The Balaban J connectivity index is 2.78. The molecule has 14 heavy (non-hydrogen) atoms. The normalized spacial score (nSPS) is 15.6. The number of pyridine rings is 1. The minimum Gasteiger partial charge on any atom is -0.390 e. The average Bonchev–Trinajstić information content (AvgIpc) is 2.16. The Bertz CT molecular complexity index is 282. The molecule has 0 spiro atoms. The maximum absolute atomic E-state index is 9.76. The van der Waals surface area contributed by atoms with Crippen molar-refractivity contribution in [2.24, 2.45) is 5.92 Å². The Morgan fingerprint density at radius 1 is 1.21 bits per heavy atom. The van der Waals surface area contributed by atoms with E-state index in [1.54, 1.807) is 12.3 Å². The lowest BCUT2D eigenvalue weighted by Crippen LogP contribution is -2.24. The van der Waals surface area contributed by atoms with Crippen molar-refractivity contribution in [1.29, 1.82) is 0 Å². The van der Waals surface area contributed by atoms with E-state index in [1.807, 2.05) is 26.8 Å². The molecule has 2 N–H and O–H groups in total. The van der Waals surface area contributed by atoms with E-state index in [4.69, 9.17) is 0 Å². The van der Waals surface area contributed by atoms with E-state index < -0.39 is 12.2 Å². The molecule has 1 rings (SSSR count). The lowest BCUT2D eigenvalue weighted by atomic mass is 9.97. The van der Waals surface area contributed by atoms with Crippen LogP contribution in [-0.4, -0.2) is 21.3 Å². The van der Waals surface area contributed by atoms with Gasteiger partial charge < -0.3 is 10.2 Å². The fraction of sp³-hybridized carbons (Fsp3) is 0.545. The zero-order valence-corrected chi connectivity index (χ0v) is 8.81. The van der Waals surface area contributed by atoms with Crippen LogP contribution in [0, 0.1) is 12.8 Å². The molecule has 0 amide bonds. The van der Waals surface area contributed by atoms with Crippen LogP contribution < -0.4 is 0 Å². The molecule has 1 aromatic heterocycles. The molecule has 78 valence electrons. The molecule has 1 aromatic rings. The fourth-order valence-electron chi connectivity index (χ4n) is 1.22. The van der Waals surface area contributed by atoms with Crippen LogP contribution in [-0.2, 0) is 0 Å². The van der Waals surface area contributed by atoms with Gasteiger partial charge in [0.15, 0.2) is 0 Å². The second kappa shape index (κ2) is 4.53. The summed E-state index contributed by atoms with van der Waals surface area (Å²) in [5.41, 5.74) is 1.57. The van der Waals surface area contributed by atoms with Crippen LogP contribution in [0.25, 0.3) is 0 Å². The molecule has 0 aliphatic rings. The van der Waals surface area contributed by atoms with Crippen LogP contribution in [0.15, 0.2) is 18.3 Å². The first-order chi connectivity index (χ1) is 6.52. The van der Waals surface area contributed by atoms with Crippen molar-refractivity contribution in [3.05, 3.63) is 29.6 Å². The van der Waals surface area contributed by atoms with Gasteiger partial charge in [-0.3, -0.25) is 4.98 Å². The van der Waals surface area contributed by atoms with Crippen LogP contribution in [0.3, 0.4) is 0 Å². The van der Waals surface area contributed by atoms with Gasteiger partial charge in [-0.1, -0.05) is 19.9 Å². The van der Waals surface area contributed by atoms with Crippen molar-refractivity contribution in [3.63, 3.8) is 0 Å². The smallest absolute Gasteiger partial charge is 0.107 e. The molecule has 1 heterocycles. The van der Waals surface area contributed by atoms with Crippen LogP contribution in [0.2, 0.25) is 0 Å². The van der Waals surface area contributed by atoms with E-state index in [0.717, 1.165) is 5.69 Å². The zero-order valence-electron chi connectivity index (χ0n) is 8.81. The standard InChI is InChI=1S/C11H17NO2/c1-7(2)10(13)11(14)9-5-4-8(3)12-6-9/h4-7,10-11,13-14H,1-3H3. The molecular weight excluding hydrogens is 178 g/mol. The number of hydrogen-bond acceptors (Lipinski definition) is 3. The molecular formula is C11H17NO2. The summed E-state index contributed by atoms with van der Waals surface area (Å²) in [5, 5.41) is 19.4. The van der Waals surface area contributed by atoms with Crippen molar-refractivity contribution in [2.45, 2.75) is 33.0 Å². The molecule has 0 saturated carbocycles. The highest BCUT2D eigenvalue weighted by Gasteiger charge is 2.21. The van der Waals surface area contributed by atoms with Gasteiger partial charge in [-0.25, -0.2) is 0 Å². The maximum Gasteiger partial charge on any atom is 0.107 e. The topological polar surface area (TPSA) is 53.4 Å². The quantitative estimate of drug-likeness (QED) is 0.767. The van der Waals surface area contributed by atoms with Gasteiger partial charge in [0.2, 0.25) is 0 Å². The molecule has 0 saturated heterocycles. The summed E-state index contributed by atoms with van der Waals surface area (Å²) in [6, 6.07) is 3.62. The summed E-state index contributed by atoms with van der Waals surface area (Å²) in [4.78, 5) is 4.07. The fourth-order valence-corrected chi connectivity index (χ4v) is 1.22. The van der Waals surface area contributed by atoms with Gasteiger partial charge in [0.1, 0.15) is 6.10 Å². The third kappa shape index (κ3) is 2.53. The Morgan fingerprint density at radius 3 is 2.29 bits per heavy atom. The number of aryl methyl sites for hydroxylation is 1. The molecule has 3 heteroatoms. The molecule has 0 aliphatic heterocycles. The van der Waals surface area contributed by atoms with Gasteiger partial charge >= 0.3 is 0 Å². The minimum atomic E-state index is -0.844. The predicted octanol–water partition coefficient (Wildman–Crippen LogP) is 1.44. The molecule has 2 atom stereocenters. The van der Waals surface area contributed by atoms with Crippen molar-refractivity contribution >= 4 is 0 Å². The SMILES string of the molecule is Cc1ccc(C(O)C(O)C(C)C)cn1. The van der Waals surface area contributed by atoms with Crippen molar-refractivity contribution in [3.8, 4) is 0 Å². The number of aliphatic hydroxyl groups is 2. The van der Waals surface area contributed by atoms with Crippen LogP contribution in [0.4, 0.5) is 0 Å². The number of hydrogen-bond donors (Lipinski definition) is 2. The summed E-state index contributed by atoms with van der Waals surface area (Å²) < 4.78 is 0. The third-order valence-corrected chi connectivity index (χ3v) is 2.28. The Kier molecular flexibility index (Phi) is 3.61. The van der Waals surface area contributed by atoms with Crippen molar-refractivity contribution in [2.75, 3.05) is 0 Å². The minimum absolute atomic E-state index is 0.0336. The van der Waals surface area contributed by atoms with E-state index in [0.29, 0.717) is 5.56 Å². The molecule has 0 aromatic carbocycles. The first-order valence-electron chi connectivity index (χ1n) is 4.81. The maximum atomic E-state index is 9.76. The van der Waals surface area contributed by atoms with E-state index in [1.165, 1.54) is 0 Å². The highest BCUT2D eigenvalue weighted by Crippen LogP contribution is 2.20. The third-order valence-electron chi connectivity index (χ3n) is 2.28. The molecule has 0 bridgehead atoms. The monoisotopic (exact) mass is 195 g/mol. The average molecular weight is 195 g/mol. The second-order valence-electron chi connectivity index (χ2n) is 3.91. The number of nitrogens with zero attached hydrogens (tertiary/aromatic N) is 1. The summed E-state index contributed by atoms with van der Waals surface area (Å²) >= 11 is 0. The predicted molar refractivity (Wildman–Crippen MR) is 54.8 cm³/mol. The lowest BCUT2D eigenvalue weighted by molar-refractivity contribution is -0.00957. The van der Waals surface area contributed by atoms with Gasteiger partial charge in [-0.2, -0.15) is 0 Å². The van der Waals surface area contributed by atoms with E-state index in [-0.39, 0.29) is 5.92 Å². The summed E-state index contributed by atoms with van der Waals surface area (Å²) in [7, 11) is 0. The van der Waals surface area contributed by atoms with Crippen molar-refractivity contribution in [1.82, 2.24) is 4.98 Å². The zero-order chi connectivity index (χ0) is 10.7. The van der Waals surface area contributed by atoms with Gasteiger partial charge in [-0.15, -0.1) is 0 Å². The molecule has 3 nitrogen and oxygen atoms in total. The number of aliphatic hydroxyl groups excluding tert-OH is 2. The summed E-state index contributed by atoms with van der Waals surface area (Å²) in [6.07, 6.45) is 0.0219. The molecule has 2 unspecified atom stereocenters. The Labute approximate surface area is 84.4 Å². The van der Waals surface area contributed by atoms with Crippen LogP contribution in [0.1, 0.15) is 31.2 Å². The molecule has 0 aliphatic carbocycles. The highest BCUT2D eigenvalue weighted by atomic mass is 16.3. The van der Waals surface area contributed by atoms with E-state index >= 15 is 0 Å². The molecule has 0 fully saturated rings. The summed E-state index contributed by atoms with van der Waals surface area (Å²) in [5.74, 6) is 0.0336. The largest absolute Gasteiger partial charge is 0.390 e. The van der Waals surface area contributed by atoms with Crippen LogP contribution in [0.5, 0.6) is 0 Å². The lowest BCUT2D eigenvalue weighted by Gasteiger charge is -2.20. The second-order valence-corrected chi connectivity index (χ2v) is 3.91. The van der Waals surface area contributed by atoms with Gasteiger partial charge in [0.25, 0.3) is 0 Å². The highest BCUT2D eigenvalue weighted by molar-refractivity contribution is 5.16. The number of rotatable bonds is 3. The van der Waals surface area contributed by atoms with Crippen LogP contribution >= 0.6 is 0 Å². The Morgan fingerprint density at radius 2 is 1.86 bits per heavy atom. The van der Waals surface area contributed by atoms with E-state index in [2.05, 4.69) is 4.98 Å². The van der Waals surface area contributed by atoms with Gasteiger partial charge in [-0.05, 0) is 18.9 Å². The molecule has 0 radical (unpaired) electrons. The van der Waals surface area contributed by atoms with Gasteiger partial charge in [0.05, 0.1) is 6.10 Å². The number of aromatic nitrogens is 1. The summed E-state index contributed by atoms with van der Waals surface area (Å²) in [6.45, 7) is 5.63. The van der Waals surface area contributed by atoms with Crippen molar-refractivity contribution < 1.29 is 10.2 Å². The first kappa shape index (κ1) is 11.1. The van der Waals surface area contributed by atoms with E-state index in [9.17, 15) is 10.2 Å². The van der Waals surface area contributed by atoms with Gasteiger partial charge in [0, 0.05) is 17.5 Å². The first-order valence-corrected chi connectivity index (χ1v) is 4.81. The Hall–Kier alpha value is -0.930.